The van der Waals surface area contributed by atoms with E-state index in [1.165, 1.54) is 20.3 Å². The molecule has 1 aromatic carbocycles. The number of aromatic nitrogens is 1. The minimum atomic E-state index is -1.06. The van der Waals surface area contributed by atoms with Crippen molar-refractivity contribution in [3.63, 3.8) is 0 Å². The Morgan fingerprint density at radius 2 is 1.94 bits per heavy atom. The standard InChI is InChI=1S/C11H10ClNO4/c1-16-7-4-8(17-2)9(12)10-5(7)3-6(13-10)11(14)15/h3-4,13H,1-2H3,(H,14,15). The van der Waals surface area contributed by atoms with Crippen molar-refractivity contribution in [2.75, 3.05) is 14.2 Å². The largest absolute Gasteiger partial charge is 0.496 e. The zero-order chi connectivity index (χ0) is 12.6. The van der Waals surface area contributed by atoms with Crippen molar-refractivity contribution < 1.29 is 19.4 Å². The number of aromatic amines is 1. The Morgan fingerprint density at radius 3 is 2.47 bits per heavy atom. The SMILES string of the molecule is COc1cc(OC)c2cc(C(=O)O)[nH]c2c1Cl. The van der Waals surface area contributed by atoms with Gasteiger partial charge in [-0.2, -0.15) is 0 Å². The number of nitrogens with one attached hydrogen (secondary N) is 1. The lowest BCUT2D eigenvalue weighted by Crippen LogP contribution is -1.94. The fourth-order valence-electron chi connectivity index (χ4n) is 1.64. The number of hydrogen-bond donors (Lipinski definition) is 2. The molecule has 0 atom stereocenters. The maximum Gasteiger partial charge on any atom is 0.352 e. The fraction of sp³-hybridized carbons (Fsp3) is 0.182. The second-order valence-corrected chi connectivity index (χ2v) is 3.75. The molecule has 0 unspecified atom stereocenters. The molecule has 0 aliphatic carbocycles. The zero-order valence-electron chi connectivity index (χ0n) is 9.20. The molecule has 1 heterocycles. The number of hydrogen-bond acceptors (Lipinski definition) is 3. The average Bonchev–Trinajstić information content (AvgIpc) is 2.75. The van der Waals surface area contributed by atoms with Gasteiger partial charge in [-0.25, -0.2) is 4.79 Å². The fourth-order valence-corrected chi connectivity index (χ4v) is 1.92. The zero-order valence-corrected chi connectivity index (χ0v) is 9.96. The Hall–Kier alpha value is -1.88. The number of rotatable bonds is 3. The molecule has 0 saturated carbocycles. The van der Waals surface area contributed by atoms with Crippen LogP contribution in [0.5, 0.6) is 11.5 Å². The van der Waals surface area contributed by atoms with Gasteiger partial charge in [0.25, 0.3) is 0 Å². The van der Waals surface area contributed by atoms with Crippen molar-refractivity contribution in [2.45, 2.75) is 0 Å². The van der Waals surface area contributed by atoms with Crippen molar-refractivity contribution in [1.82, 2.24) is 4.98 Å². The molecular formula is C11H10ClNO4. The van der Waals surface area contributed by atoms with Crippen LogP contribution in [-0.4, -0.2) is 30.3 Å². The smallest absolute Gasteiger partial charge is 0.352 e. The summed E-state index contributed by atoms with van der Waals surface area (Å²) in [7, 11) is 2.98. The van der Waals surface area contributed by atoms with Crippen molar-refractivity contribution in [1.29, 1.82) is 0 Å². The lowest BCUT2D eigenvalue weighted by atomic mass is 10.2. The first kappa shape index (κ1) is 11.6. The van der Waals surface area contributed by atoms with Gasteiger partial charge in [-0.3, -0.25) is 0 Å². The number of carbonyl (C=O) groups is 1. The van der Waals surface area contributed by atoms with Crippen LogP contribution in [0.4, 0.5) is 0 Å². The van der Waals surface area contributed by atoms with Crippen LogP contribution in [-0.2, 0) is 0 Å². The van der Waals surface area contributed by atoms with Gasteiger partial charge >= 0.3 is 5.97 Å². The van der Waals surface area contributed by atoms with Crippen LogP contribution in [0.1, 0.15) is 10.5 Å². The maximum atomic E-state index is 10.9. The van der Waals surface area contributed by atoms with Gasteiger partial charge in [0.2, 0.25) is 0 Å². The molecule has 17 heavy (non-hydrogen) atoms. The molecule has 1 aromatic heterocycles. The Morgan fingerprint density at radius 1 is 1.29 bits per heavy atom. The van der Waals surface area contributed by atoms with Gasteiger partial charge in [0.15, 0.2) is 0 Å². The van der Waals surface area contributed by atoms with E-state index in [1.807, 2.05) is 0 Å². The molecule has 0 aliphatic rings. The van der Waals surface area contributed by atoms with E-state index in [9.17, 15) is 4.79 Å². The number of carboxylic acid groups (broad SMARTS) is 1. The molecular weight excluding hydrogens is 246 g/mol. The number of methoxy groups -OCH3 is 2. The number of halogens is 1. The third-order valence-electron chi connectivity index (χ3n) is 2.45. The second kappa shape index (κ2) is 4.18. The van der Waals surface area contributed by atoms with Crippen LogP contribution in [0, 0.1) is 0 Å². The highest BCUT2D eigenvalue weighted by Crippen LogP contribution is 2.39. The van der Waals surface area contributed by atoms with Crippen molar-refractivity contribution in [3.8, 4) is 11.5 Å². The Balaban J connectivity index is 2.80. The van der Waals surface area contributed by atoms with Gasteiger partial charge in [-0.15, -0.1) is 0 Å². The number of fused-ring (bicyclic) bond motifs is 1. The van der Waals surface area contributed by atoms with E-state index in [0.29, 0.717) is 27.4 Å². The molecule has 0 radical (unpaired) electrons. The Bertz CT molecular complexity index is 591. The van der Waals surface area contributed by atoms with E-state index < -0.39 is 5.97 Å². The first-order valence-corrected chi connectivity index (χ1v) is 5.12. The van der Waals surface area contributed by atoms with E-state index in [-0.39, 0.29) is 5.69 Å². The molecule has 0 fully saturated rings. The van der Waals surface area contributed by atoms with Crippen molar-refractivity contribution in [2.24, 2.45) is 0 Å². The van der Waals surface area contributed by atoms with E-state index in [1.54, 1.807) is 6.07 Å². The van der Waals surface area contributed by atoms with Gasteiger partial charge in [0, 0.05) is 11.5 Å². The summed E-state index contributed by atoms with van der Waals surface area (Å²) in [5.74, 6) is -0.127. The first-order chi connectivity index (χ1) is 8.08. The topological polar surface area (TPSA) is 71.6 Å². The second-order valence-electron chi connectivity index (χ2n) is 3.37. The molecule has 2 aromatic rings. The normalized spacial score (nSPS) is 10.5. The molecule has 90 valence electrons. The molecule has 6 heteroatoms. The van der Waals surface area contributed by atoms with Gasteiger partial charge < -0.3 is 19.6 Å². The minimum Gasteiger partial charge on any atom is -0.496 e. The number of ether oxygens (including phenoxy) is 2. The Kier molecular flexibility index (Phi) is 2.85. The number of aromatic carboxylic acids is 1. The molecule has 0 bridgehead atoms. The third kappa shape index (κ3) is 1.78. The highest BCUT2D eigenvalue weighted by atomic mass is 35.5. The van der Waals surface area contributed by atoms with Crippen molar-refractivity contribution >= 4 is 28.5 Å². The number of carboxylic acids is 1. The molecule has 2 rings (SSSR count). The predicted molar refractivity (Wildman–Crippen MR) is 63.4 cm³/mol. The van der Waals surface area contributed by atoms with E-state index in [0.717, 1.165) is 0 Å². The van der Waals surface area contributed by atoms with Crippen LogP contribution in [0.3, 0.4) is 0 Å². The van der Waals surface area contributed by atoms with Crippen LogP contribution < -0.4 is 9.47 Å². The minimum absolute atomic E-state index is 0.0495. The molecule has 2 N–H and O–H groups in total. The van der Waals surface area contributed by atoms with Gasteiger partial charge in [0.05, 0.1) is 19.7 Å². The Labute approximate surface area is 102 Å². The van der Waals surface area contributed by atoms with E-state index in [2.05, 4.69) is 4.98 Å². The van der Waals surface area contributed by atoms with Crippen LogP contribution in [0.25, 0.3) is 10.9 Å². The van der Waals surface area contributed by atoms with Crippen LogP contribution in [0.15, 0.2) is 12.1 Å². The molecule has 5 nitrogen and oxygen atoms in total. The summed E-state index contributed by atoms with van der Waals surface area (Å²) in [4.78, 5) is 13.6. The lowest BCUT2D eigenvalue weighted by Gasteiger charge is -2.07. The monoisotopic (exact) mass is 255 g/mol. The first-order valence-electron chi connectivity index (χ1n) is 4.75. The van der Waals surface area contributed by atoms with Crippen LogP contribution in [0.2, 0.25) is 5.02 Å². The maximum absolute atomic E-state index is 10.9. The highest BCUT2D eigenvalue weighted by Gasteiger charge is 2.17. The summed E-state index contributed by atoms with van der Waals surface area (Å²) in [5, 5.41) is 9.86. The van der Waals surface area contributed by atoms with Gasteiger partial charge in [-0.05, 0) is 6.07 Å². The summed E-state index contributed by atoms with van der Waals surface area (Å²) in [6, 6.07) is 3.09. The van der Waals surface area contributed by atoms with Crippen LogP contribution >= 0.6 is 11.6 Å². The quantitative estimate of drug-likeness (QED) is 0.884. The predicted octanol–water partition coefficient (Wildman–Crippen LogP) is 2.54. The van der Waals surface area contributed by atoms with Crippen molar-refractivity contribution in [3.05, 3.63) is 22.8 Å². The summed E-state index contributed by atoms with van der Waals surface area (Å²) in [6.07, 6.45) is 0. The number of benzene rings is 1. The molecule has 0 aliphatic heterocycles. The number of H-pyrrole nitrogens is 1. The average molecular weight is 256 g/mol. The van der Waals surface area contributed by atoms with E-state index >= 15 is 0 Å². The summed E-state index contributed by atoms with van der Waals surface area (Å²) < 4.78 is 10.3. The molecule has 0 spiro atoms. The third-order valence-corrected chi connectivity index (χ3v) is 2.83. The summed E-state index contributed by atoms with van der Waals surface area (Å²) in [5.41, 5.74) is 0.536. The molecule has 0 saturated heterocycles. The van der Waals surface area contributed by atoms with Gasteiger partial charge in [-0.1, -0.05) is 11.6 Å². The lowest BCUT2D eigenvalue weighted by molar-refractivity contribution is 0.0691. The van der Waals surface area contributed by atoms with Gasteiger partial charge in [0.1, 0.15) is 22.2 Å². The van der Waals surface area contributed by atoms with E-state index in [4.69, 9.17) is 26.2 Å². The summed E-state index contributed by atoms with van der Waals surface area (Å²) in [6.45, 7) is 0. The molecule has 0 amide bonds. The highest BCUT2D eigenvalue weighted by molar-refractivity contribution is 6.37. The summed E-state index contributed by atoms with van der Waals surface area (Å²) >= 11 is 6.08.